The molecule has 128 valence electrons. The van der Waals surface area contributed by atoms with E-state index in [2.05, 4.69) is 15.3 Å². The molecule has 1 amide bonds. The highest BCUT2D eigenvalue weighted by atomic mass is 16.3. The molecular formula is C17H22N4O3. The maximum atomic E-state index is 12.3. The van der Waals surface area contributed by atoms with Crippen LogP contribution >= 0.6 is 0 Å². The predicted molar refractivity (Wildman–Crippen MR) is 91.8 cm³/mol. The second kappa shape index (κ2) is 7.85. The molecule has 1 heterocycles. The molecule has 1 aromatic heterocycles. The first-order valence-corrected chi connectivity index (χ1v) is 7.63. The molecule has 0 aliphatic heterocycles. The van der Waals surface area contributed by atoms with Gasteiger partial charge in [0.25, 0.3) is 5.91 Å². The monoisotopic (exact) mass is 330 g/mol. The Labute approximate surface area is 141 Å². The van der Waals surface area contributed by atoms with E-state index in [9.17, 15) is 9.90 Å². The van der Waals surface area contributed by atoms with Gasteiger partial charge in [0.15, 0.2) is 5.82 Å². The molecule has 2 aromatic rings. The average Bonchev–Trinajstić information content (AvgIpc) is 2.60. The van der Waals surface area contributed by atoms with Crippen LogP contribution in [0.4, 0.5) is 5.82 Å². The molecule has 7 heteroatoms. The number of hydrogen-bond acceptors (Lipinski definition) is 6. The molecule has 0 saturated carbocycles. The van der Waals surface area contributed by atoms with Gasteiger partial charge in [-0.25, -0.2) is 9.97 Å². The Balaban J connectivity index is 2.18. The van der Waals surface area contributed by atoms with E-state index in [0.29, 0.717) is 11.4 Å². The number of aromatic nitrogens is 2. The van der Waals surface area contributed by atoms with E-state index in [4.69, 9.17) is 5.11 Å². The fourth-order valence-electron chi connectivity index (χ4n) is 2.26. The SMILES string of the molecule is CNc1cc(C)nc(-c2ccc(C(=O)N(C)CC(O)CO)cc2)n1. The number of nitrogens with one attached hydrogen (secondary N) is 1. The number of likely N-dealkylation sites (N-methyl/N-ethyl adjacent to an activating group) is 1. The van der Waals surface area contributed by atoms with Crippen LogP contribution in [0, 0.1) is 6.92 Å². The summed E-state index contributed by atoms with van der Waals surface area (Å²) >= 11 is 0. The number of hydrogen-bond donors (Lipinski definition) is 3. The second-order valence-electron chi connectivity index (χ2n) is 5.57. The van der Waals surface area contributed by atoms with Crippen LogP contribution in [0.5, 0.6) is 0 Å². The van der Waals surface area contributed by atoms with Gasteiger partial charge in [-0.2, -0.15) is 0 Å². The van der Waals surface area contributed by atoms with E-state index in [-0.39, 0.29) is 19.1 Å². The van der Waals surface area contributed by atoms with Crippen molar-refractivity contribution in [1.82, 2.24) is 14.9 Å². The van der Waals surface area contributed by atoms with Crippen LogP contribution in [-0.2, 0) is 0 Å². The largest absolute Gasteiger partial charge is 0.394 e. The average molecular weight is 330 g/mol. The minimum absolute atomic E-state index is 0.0730. The lowest BCUT2D eigenvalue weighted by Crippen LogP contribution is -2.35. The van der Waals surface area contributed by atoms with Gasteiger partial charge >= 0.3 is 0 Å². The number of benzene rings is 1. The van der Waals surface area contributed by atoms with Crippen LogP contribution < -0.4 is 5.32 Å². The molecule has 0 aliphatic carbocycles. The van der Waals surface area contributed by atoms with Gasteiger partial charge in [-0.15, -0.1) is 0 Å². The molecular weight excluding hydrogens is 308 g/mol. The maximum Gasteiger partial charge on any atom is 0.253 e. The van der Waals surface area contributed by atoms with Crippen LogP contribution in [-0.4, -0.2) is 64.3 Å². The Morgan fingerprint density at radius 3 is 2.54 bits per heavy atom. The lowest BCUT2D eigenvalue weighted by Gasteiger charge is -2.19. The molecule has 1 aromatic carbocycles. The Morgan fingerprint density at radius 1 is 1.29 bits per heavy atom. The normalized spacial score (nSPS) is 11.9. The van der Waals surface area contributed by atoms with Gasteiger partial charge in [-0.1, -0.05) is 12.1 Å². The third-order valence-electron chi connectivity index (χ3n) is 3.54. The number of carbonyl (C=O) groups excluding carboxylic acids is 1. The first kappa shape index (κ1) is 17.8. The molecule has 2 rings (SSSR count). The summed E-state index contributed by atoms with van der Waals surface area (Å²) in [6.45, 7) is 1.59. The van der Waals surface area contributed by atoms with E-state index in [0.717, 1.165) is 17.1 Å². The third kappa shape index (κ3) is 4.27. The summed E-state index contributed by atoms with van der Waals surface area (Å²) in [5.41, 5.74) is 2.15. The zero-order chi connectivity index (χ0) is 17.7. The van der Waals surface area contributed by atoms with Gasteiger partial charge in [0.2, 0.25) is 0 Å². The van der Waals surface area contributed by atoms with Crippen molar-refractivity contribution in [2.24, 2.45) is 0 Å². The van der Waals surface area contributed by atoms with Crippen LogP contribution in [0.25, 0.3) is 11.4 Å². The van der Waals surface area contributed by atoms with Crippen molar-refractivity contribution in [1.29, 1.82) is 0 Å². The summed E-state index contributed by atoms with van der Waals surface area (Å²) in [6.07, 6.45) is -0.945. The molecule has 1 unspecified atom stereocenters. The molecule has 7 nitrogen and oxygen atoms in total. The van der Waals surface area contributed by atoms with Crippen molar-refractivity contribution in [3.05, 3.63) is 41.6 Å². The molecule has 0 saturated heterocycles. The van der Waals surface area contributed by atoms with Crippen LogP contribution in [0.1, 0.15) is 16.1 Å². The molecule has 24 heavy (non-hydrogen) atoms. The highest BCUT2D eigenvalue weighted by Gasteiger charge is 2.15. The lowest BCUT2D eigenvalue weighted by atomic mass is 10.1. The Morgan fingerprint density at radius 2 is 1.96 bits per heavy atom. The number of aryl methyl sites for hydroxylation is 1. The molecule has 1 atom stereocenters. The minimum atomic E-state index is -0.945. The molecule has 0 aliphatic rings. The van der Waals surface area contributed by atoms with Crippen molar-refractivity contribution in [3.63, 3.8) is 0 Å². The second-order valence-corrected chi connectivity index (χ2v) is 5.57. The van der Waals surface area contributed by atoms with E-state index in [1.807, 2.05) is 13.0 Å². The van der Waals surface area contributed by atoms with Gasteiger partial charge in [0, 0.05) is 43.5 Å². The van der Waals surface area contributed by atoms with E-state index in [1.54, 1.807) is 38.4 Å². The molecule has 0 fully saturated rings. The Hall–Kier alpha value is -2.51. The molecule has 0 bridgehead atoms. The zero-order valence-electron chi connectivity index (χ0n) is 14.0. The van der Waals surface area contributed by atoms with Crippen molar-refractivity contribution >= 4 is 11.7 Å². The molecule has 0 radical (unpaired) electrons. The number of rotatable bonds is 6. The van der Waals surface area contributed by atoms with Crippen molar-refractivity contribution < 1.29 is 15.0 Å². The smallest absolute Gasteiger partial charge is 0.253 e. The van der Waals surface area contributed by atoms with Crippen LogP contribution in [0.3, 0.4) is 0 Å². The summed E-state index contributed by atoms with van der Waals surface area (Å²) in [4.78, 5) is 22.5. The predicted octanol–water partition coefficient (Wildman–Crippen LogP) is 0.919. The standard InChI is InChI=1S/C17H22N4O3/c1-11-8-15(18-2)20-16(19-11)12-4-6-13(7-5-12)17(24)21(3)9-14(23)10-22/h4-8,14,22-23H,9-10H2,1-3H3,(H,18,19,20). The van der Waals surface area contributed by atoms with E-state index >= 15 is 0 Å². The number of aliphatic hydroxyl groups excluding tert-OH is 2. The summed E-state index contributed by atoms with van der Waals surface area (Å²) in [5, 5.41) is 21.3. The molecule has 3 N–H and O–H groups in total. The highest BCUT2D eigenvalue weighted by Crippen LogP contribution is 2.19. The van der Waals surface area contributed by atoms with E-state index < -0.39 is 6.10 Å². The van der Waals surface area contributed by atoms with Crippen molar-refractivity contribution in [2.75, 3.05) is 32.6 Å². The quantitative estimate of drug-likeness (QED) is 0.728. The van der Waals surface area contributed by atoms with Gasteiger partial charge in [0.1, 0.15) is 5.82 Å². The van der Waals surface area contributed by atoms with Crippen LogP contribution in [0.2, 0.25) is 0 Å². The first-order valence-electron chi connectivity index (χ1n) is 7.63. The maximum absolute atomic E-state index is 12.3. The summed E-state index contributed by atoms with van der Waals surface area (Å²) in [5.74, 6) is 1.09. The minimum Gasteiger partial charge on any atom is -0.394 e. The number of anilines is 1. The van der Waals surface area contributed by atoms with Crippen molar-refractivity contribution in [3.8, 4) is 11.4 Å². The topological polar surface area (TPSA) is 98.6 Å². The number of amides is 1. The Kier molecular flexibility index (Phi) is 5.83. The number of carbonyl (C=O) groups is 1. The lowest BCUT2D eigenvalue weighted by molar-refractivity contribution is 0.0520. The summed E-state index contributed by atoms with van der Waals surface area (Å²) in [7, 11) is 3.38. The van der Waals surface area contributed by atoms with E-state index in [1.165, 1.54) is 4.90 Å². The number of aliphatic hydroxyl groups is 2. The first-order chi connectivity index (χ1) is 11.4. The fourth-order valence-corrected chi connectivity index (χ4v) is 2.26. The van der Waals surface area contributed by atoms with Crippen molar-refractivity contribution in [2.45, 2.75) is 13.0 Å². The molecule has 0 spiro atoms. The van der Waals surface area contributed by atoms with Gasteiger partial charge in [-0.05, 0) is 19.1 Å². The summed E-state index contributed by atoms with van der Waals surface area (Å²) < 4.78 is 0. The fraction of sp³-hybridized carbons (Fsp3) is 0.353. The highest BCUT2D eigenvalue weighted by molar-refractivity contribution is 5.94. The summed E-state index contributed by atoms with van der Waals surface area (Å²) in [6, 6.07) is 8.83. The Bertz CT molecular complexity index is 703. The number of nitrogens with zero attached hydrogens (tertiary/aromatic N) is 3. The van der Waals surface area contributed by atoms with Gasteiger partial charge in [-0.3, -0.25) is 4.79 Å². The zero-order valence-corrected chi connectivity index (χ0v) is 14.0. The van der Waals surface area contributed by atoms with Gasteiger partial charge in [0.05, 0.1) is 12.7 Å². The third-order valence-corrected chi connectivity index (χ3v) is 3.54. The van der Waals surface area contributed by atoms with Crippen LogP contribution in [0.15, 0.2) is 30.3 Å². The van der Waals surface area contributed by atoms with Gasteiger partial charge < -0.3 is 20.4 Å².